The van der Waals surface area contributed by atoms with E-state index in [4.69, 9.17) is 4.74 Å². The van der Waals surface area contributed by atoms with Crippen LogP contribution in [0.25, 0.3) is 0 Å². The molecule has 0 bridgehead atoms. The van der Waals surface area contributed by atoms with Crippen LogP contribution >= 0.6 is 0 Å². The van der Waals surface area contributed by atoms with Crippen LogP contribution in [-0.2, 0) is 15.1 Å². The van der Waals surface area contributed by atoms with Crippen molar-refractivity contribution in [2.75, 3.05) is 0 Å². The molecule has 0 saturated carbocycles. The highest BCUT2D eigenvalue weighted by molar-refractivity contribution is 5.85. The SMILES string of the molecule is CC(C)(C)OC(=O)C1(c2ccccn2)C=CC=CN1. The zero-order valence-corrected chi connectivity index (χ0v) is 11.4. The zero-order chi connectivity index (χ0) is 13.9. The third kappa shape index (κ3) is 2.84. The molecule has 4 heteroatoms. The first-order valence-electron chi connectivity index (χ1n) is 6.21. The van der Waals surface area contributed by atoms with Crippen LogP contribution in [0.3, 0.4) is 0 Å². The number of nitrogens with zero attached hydrogens (tertiary/aromatic N) is 1. The summed E-state index contributed by atoms with van der Waals surface area (Å²) in [6.07, 6.45) is 8.79. The maximum Gasteiger partial charge on any atom is 0.342 e. The molecule has 0 fully saturated rings. The molecule has 100 valence electrons. The maximum atomic E-state index is 12.5. The van der Waals surface area contributed by atoms with Gasteiger partial charge in [0.05, 0.1) is 5.69 Å². The van der Waals surface area contributed by atoms with Crippen LogP contribution in [-0.4, -0.2) is 16.6 Å². The first kappa shape index (κ1) is 13.3. The highest BCUT2D eigenvalue weighted by Crippen LogP contribution is 2.27. The van der Waals surface area contributed by atoms with Gasteiger partial charge in [0.2, 0.25) is 0 Å². The van der Waals surface area contributed by atoms with Crippen LogP contribution in [0.15, 0.2) is 48.8 Å². The number of pyridine rings is 1. The van der Waals surface area contributed by atoms with Crippen molar-refractivity contribution in [2.45, 2.75) is 31.9 Å². The second-order valence-electron chi connectivity index (χ2n) is 5.39. The molecule has 1 atom stereocenters. The molecular weight excluding hydrogens is 240 g/mol. The Morgan fingerprint density at radius 1 is 1.32 bits per heavy atom. The second kappa shape index (κ2) is 4.88. The number of hydrogen-bond donors (Lipinski definition) is 1. The lowest BCUT2D eigenvalue weighted by atomic mass is 9.92. The number of rotatable bonds is 2. The lowest BCUT2D eigenvalue weighted by molar-refractivity contribution is -0.161. The van der Waals surface area contributed by atoms with Crippen LogP contribution in [0, 0.1) is 0 Å². The molecule has 2 heterocycles. The van der Waals surface area contributed by atoms with Crippen molar-refractivity contribution in [1.82, 2.24) is 10.3 Å². The molecule has 0 aromatic carbocycles. The molecule has 0 amide bonds. The number of esters is 1. The number of carbonyl (C=O) groups excluding carboxylic acids is 1. The van der Waals surface area contributed by atoms with Crippen LogP contribution in [0.2, 0.25) is 0 Å². The lowest BCUT2D eigenvalue weighted by Gasteiger charge is -2.33. The van der Waals surface area contributed by atoms with Gasteiger partial charge in [-0.25, -0.2) is 4.79 Å². The van der Waals surface area contributed by atoms with Crippen molar-refractivity contribution in [1.29, 1.82) is 0 Å². The van der Waals surface area contributed by atoms with Gasteiger partial charge in [-0.2, -0.15) is 0 Å². The van der Waals surface area contributed by atoms with E-state index >= 15 is 0 Å². The van der Waals surface area contributed by atoms with Gasteiger partial charge in [0, 0.05) is 6.20 Å². The van der Waals surface area contributed by atoms with E-state index < -0.39 is 11.1 Å². The van der Waals surface area contributed by atoms with Gasteiger partial charge in [-0.1, -0.05) is 12.1 Å². The molecule has 2 rings (SSSR count). The van der Waals surface area contributed by atoms with E-state index in [1.165, 1.54) is 0 Å². The van der Waals surface area contributed by atoms with Crippen molar-refractivity contribution in [3.05, 3.63) is 54.5 Å². The molecule has 1 unspecified atom stereocenters. The van der Waals surface area contributed by atoms with Gasteiger partial charge in [0.15, 0.2) is 5.54 Å². The number of aromatic nitrogens is 1. The topological polar surface area (TPSA) is 51.2 Å². The fraction of sp³-hybridized carbons (Fsp3) is 0.333. The molecule has 1 aromatic heterocycles. The Labute approximate surface area is 113 Å². The fourth-order valence-electron chi connectivity index (χ4n) is 1.83. The van der Waals surface area contributed by atoms with Crippen molar-refractivity contribution >= 4 is 5.97 Å². The summed E-state index contributed by atoms with van der Waals surface area (Å²) in [6.45, 7) is 5.54. The molecule has 0 aliphatic carbocycles. The number of ether oxygens (including phenoxy) is 1. The van der Waals surface area contributed by atoms with E-state index in [9.17, 15) is 4.79 Å². The zero-order valence-electron chi connectivity index (χ0n) is 11.4. The largest absolute Gasteiger partial charge is 0.458 e. The van der Waals surface area contributed by atoms with E-state index in [2.05, 4.69) is 10.3 Å². The molecule has 0 saturated heterocycles. The molecule has 1 N–H and O–H groups in total. The molecule has 1 aliphatic heterocycles. The Hall–Kier alpha value is -2.10. The minimum atomic E-state index is -1.05. The number of carbonyl (C=O) groups is 1. The molecule has 1 aromatic rings. The van der Waals surface area contributed by atoms with E-state index in [0.29, 0.717) is 5.69 Å². The third-order valence-electron chi connectivity index (χ3n) is 2.65. The van der Waals surface area contributed by atoms with E-state index in [1.807, 2.05) is 45.1 Å². The Kier molecular flexibility index (Phi) is 3.42. The molecular formula is C15H18N2O2. The van der Waals surface area contributed by atoms with E-state index in [-0.39, 0.29) is 5.97 Å². The monoisotopic (exact) mass is 258 g/mol. The average Bonchev–Trinajstić information content (AvgIpc) is 2.38. The summed E-state index contributed by atoms with van der Waals surface area (Å²) in [5.41, 5.74) is -0.983. The summed E-state index contributed by atoms with van der Waals surface area (Å²) in [6, 6.07) is 5.47. The summed E-state index contributed by atoms with van der Waals surface area (Å²) in [5.74, 6) is -0.362. The molecule has 0 spiro atoms. The van der Waals surface area contributed by atoms with Crippen molar-refractivity contribution < 1.29 is 9.53 Å². The summed E-state index contributed by atoms with van der Waals surface area (Å²) in [5, 5.41) is 3.07. The Morgan fingerprint density at radius 3 is 2.63 bits per heavy atom. The molecule has 0 radical (unpaired) electrons. The van der Waals surface area contributed by atoms with Gasteiger partial charge in [0.25, 0.3) is 0 Å². The second-order valence-corrected chi connectivity index (χ2v) is 5.39. The van der Waals surface area contributed by atoms with Crippen LogP contribution < -0.4 is 5.32 Å². The van der Waals surface area contributed by atoms with Gasteiger partial charge in [-0.05, 0) is 51.3 Å². The molecule has 19 heavy (non-hydrogen) atoms. The van der Waals surface area contributed by atoms with Crippen LogP contribution in [0.1, 0.15) is 26.5 Å². The van der Waals surface area contributed by atoms with Crippen molar-refractivity contribution in [3.63, 3.8) is 0 Å². The van der Waals surface area contributed by atoms with Gasteiger partial charge in [0.1, 0.15) is 5.60 Å². The summed E-state index contributed by atoms with van der Waals surface area (Å²) in [7, 11) is 0. The first-order chi connectivity index (χ1) is 8.94. The highest BCUT2D eigenvalue weighted by atomic mass is 16.6. The summed E-state index contributed by atoms with van der Waals surface area (Å²) in [4.78, 5) is 16.8. The van der Waals surface area contributed by atoms with E-state index in [0.717, 1.165) is 0 Å². The summed E-state index contributed by atoms with van der Waals surface area (Å²) < 4.78 is 5.51. The van der Waals surface area contributed by atoms with Gasteiger partial charge in [-0.3, -0.25) is 4.98 Å². The number of allylic oxidation sites excluding steroid dienone is 2. The van der Waals surface area contributed by atoms with Crippen LogP contribution in [0.5, 0.6) is 0 Å². The van der Waals surface area contributed by atoms with E-state index in [1.54, 1.807) is 24.5 Å². The normalized spacial score (nSPS) is 21.8. The van der Waals surface area contributed by atoms with Gasteiger partial charge < -0.3 is 10.1 Å². The Balaban J connectivity index is 2.39. The lowest BCUT2D eigenvalue weighted by Crippen LogP contribution is -2.49. The first-order valence-corrected chi connectivity index (χ1v) is 6.21. The number of dihydropyridines is 1. The third-order valence-corrected chi connectivity index (χ3v) is 2.65. The predicted octanol–water partition coefficient (Wildman–Crippen LogP) is 2.29. The van der Waals surface area contributed by atoms with Gasteiger partial charge in [-0.15, -0.1) is 0 Å². The predicted molar refractivity (Wildman–Crippen MR) is 73.2 cm³/mol. The highest BCUT2D eigenvalue weighted by Gasteiger charge is 2.42. The fourth-order valence-corrected chi connectivity index (χ4v) is 1.83. The minimum absolute atomic E-state index is 0.362. The minimum Gasteiger partial charge on any atom is -0.458 e. The molecule has 4 nitrogen and oxygen atoms in total. The van der Waals surface area contributed by atoms with Crippen molar-refractivity contribution in [2.24, 2.45) is 0 Å². The Morgan fingerprint density at radius 2 is 2.11 bits per heavy atom. The quantitative estimate of drug-likeness (QED) is 0.827. The number of hydrogen-bond acceptors (Lipinski definition) is 4. The standard InChI is InChI=1S/C15H18N2O2/c1-14(2,3)19-13(18)15(9-5-7-11-17-15)12-8-4-6-10-16-12/h4-11,17H,1-3H3. The maximum absolute atomic E-state index is 12.5. The van der Waals surface area contributed by atoms with Crippen LogP contribution in [0.4, 0.5) is 0 Å². The smallest absolute Gasteiger partial charge is 0.342 e. The summed E-state index contributed by atoms with van der Waals surface area (Å²) >= 11 is 0. The van der Waals surface area contributed by atoms with Crippen molar-refractivity contribution in [3.8, 4) is 0 Å². The number of nitrogens with one attached hydrogen (secondary N) is 1. The van der Waals surface area contributed by atoms with Gasteiger partial charge >= 0.3 is 5.97 Å². The molecule has 1 aliphatic rings. The average molecular weight is 258 g/mol. The Bertz CT molecular complexity index is 515.